The summed E-state index contributed by atoms with van der Waals surface area (Å²) >= 11 is 0. The van der Waals surface area contributed by atoms with Crippen LogP contribution in [-0.2, 0) is 38.0 Å². The van der Waals surface area contributed by atoms with E-state index in [9.17, 15) is 19.2 Å². The van der Waals surface area contributed by atoms with Crippen molar-refractivity contribution < 1.29 is 47.6 Å². The summed E-state index contributed by atoms with van der Waals surface area (Å²) in [6.45, 7) is 3.16. The number of cyclic esters (lactones) is 2. The Hall–Kier alpha value is -2.52. The molecule has 2 rings (SSSR count). The summed E-state index contributed by atoms with van der Waals surface area (Å²) in [7, 11) is 0. The average molecular weight is 416 g/mol. The summed E-state index contributed by atoms with van der Waals surface area (Å²) in [5.41, 5.74) is -0.999. The molecule has 2 atom stereocenters. The fourth-order valence-corrected chi connectivity index (χ4v) is 2.79. The van der Waals surface area contributed by atoms with Gasteiger partial charge >= 0.3 is 24.2 Å². The van der Waals surface area contributed by atoms with Gasteiger partial charge in [-0.05, 0) is 39.5 Å². The number of ether oxygens (including phenoxy) is 6. The minimum atomic E-state index is -0.999. The lowest BCUT2D eigenvalue weighted by Crippen LogP contribution is -2.33. The monoisotopic (exact) mass is 416 g/mol. The fraction of sp³-hybridized carbons (Fsp3) is 0.789. The second kappa shape index (κ2) is 10.9. The van der Waals surface area contributed by atoms with E-state index in [0.29, 0.717) is 51.4 Å². The van der Waals surface area contributed by atoms with Crippen LogP contribution in [0.25, 0.3) is 0 Å². The minimum Gasteiger partial charge on any atom is -0.434 e. The Morgan fingerprint density at radius 2 is 1.41 bits per heavy atom. The molecule has 10 heteroatoms. The van der Waals surface area contributed by atoms with Crippen molar-refractivity contribution in [2.24, 2.45) is 0 Å². The summed E-state index contributed by atoms with van der Waals surface area (Å²) in [4.78, 5) is 46.5. The van der Waals surface area contributed by atoms with Gasteiger partial charge in [0, 0.05) is 32.1 Å². The smallest absolute Gasteiger partial charge is 0.434 e. The van der Waals surface area contributed by atoms with Crippen LogP contribution in [-0.4, -0.2) is 49.0 Å². The Morgan fingerprint density at radius 3 is 1.97 bits per heavy atom. The molecule has 0 bridgehead atoms. The lowest BCUT2D eigenvalue weighted by atomic mass is 10.1. The molecule has 164 valence electrons. The molecule has 2 heterocycles. The molecule has 10 nitrogen and oxygen atoms in total. The van der Waals surface area contributed by atoms with E-state index in [2.05, 4.69) is 0 Å². The first-order chi connectivity index (χ1) is 13.7. The van der Waals surface area contributed by atoms with Gasteiger partial charge in [-0.2, -0.15) is 0 Å². The van der Waals surface area contributed by atoms with E-state index in [4.69, 9.17) is 28.4 Å². The van der Waals surface area contributed by atoms with Gasteiger partial charge in [0.15, 0.2) is 0 Å². The van der Waals surface area contributed by atoms with Gasteiger partial charge in [-0.1, -0.05) is 0 Å². The van der Waals surface area contributed by atoms with Crippen molar-refractivity contribution in [3.63, 3.8) is 0 Å². The number of carbonyl (C=O) groups is 4. The normalized spacial score (nSPS) is 23.0. The maximum atomic E-state index is 12.0. The summed E-state index contributed by atoms with van der Waals surface area (Å²) in [6.07, 6.45) is 0.577. The van der Waals surface area contributed by atoms with Crippen molar-refractivity contribution in [1.29, 1.82) is 0 Å². The Bertz CT molecular complexity index is 600. The second-order valence-electron chi connectivity index (χ2n) is 7.53. The van der Waals surface area contributed by atoms with E-state index in [1.165, 1.54) is 0 Å². The molecular weight excluding hydrogens is 388 g/mol. The standard InChI is InChI=1S/C19H28O10/c1-19(2,29-18(23)28-16-10-6-4-8-14(21)26-16)11-12-24-17(22)27-15-9-5-3-7-13(20)25-15/h15-16H,3-12H2,1-2H3. The number of carbonyl (C=O) groups excluding carboxylic acids is 4. The zero-order chi connectivity index (χ0) is 21.3. The van der Waals surface area contributed by atoms with Gasteiger partial charge in [-0.3, -0.25) is 9.59 Å². The van der Waals surface area contributed by atoms with Crippen molar-refractivity contribution in [3.8, 4) is 0 Å². The largest absolute Gasteiger partial charge is 0.511 e. The lowest BCUT2D eigenvalue weighted by molar-refractivity contribution is -0.172. The van der Waals surface area contributed by atoms with Gasteiger partial charge in [0.1, 0.15) is 5.60 Å². The molecule has 2 unspecified atom stereocenters. The summed E-state index contributed by atoms with van der Waals surface area (Å²) < 4.78 is 30.2. The van der Waals surface area contributed by atoms with Crippen LogP contribution < -0.4 is 0 Å². The highest BCUT2D eigenvalue weighted by Crippen LogP contribution is 2.20. The molecule has 0 saturated carbocycles. The van der Waals surface area contributed by atoms with Crippen molar-refractivity contribution in [3.05, 3.63) is 0 Å². The van der Waals surface area contributed by atoms with Crippen molar-refractivity contribution >= 4 is 24.2 Å². The van der Waals surface area contributed by atoms with Crippen molar-refractivity contribution in [2.75, 3.05) is 6.61 Å². The van der Waals surface area contributed by atoms with Gasteiger partial charge in [0.2, 0.25) is 0 Å². The summed E-state index contributed by atoms with van der Waals surface area (Å²) in [5, 5.41) is 0. The molecule has 0 aromatic heterocycles. The molecule has 0 radical (unpaired) electrons. The average Bonchev–Trinajstić information content (AvgIpc) is 2.93. The predicted octanol–water partition coefficient (Wildman–Crippen LogP) is 3.35. The molecular formula is C19H28O10. The van der Waals surface area contributed by atoms with Crippen LogP contribution in [0.1, 0.15) is 71.6 Å². The Labute approximate surface area is 169 Å². The molecule has 2 fully saturated rings. The van der Waals surface area contributed by atoms with Crippen LogP contribution in [0.5, 0.6) is 0 Å². The number of hydrogen-bond acceptors (Lipinski definition) is 10. The van der Waals surface area contributed by atoms with E-state index < -0.39 is 42.4 Å². The van der Waals surface area contributed by atoms with Crippen LogP contribution in [0.15, 0.2) is 0 Å². The summed E-state index contributed by atoms with van der Waals surface area (Å²) in [6, 6.07) is 0. The molecule has 2 saturated heterocycles. The van der Waals surface area contributed by atoms with Gasteiger partial charge < -0.3 is 28.4 Å². The molecule has 2 aliphatic rings. The maximum absolute atomic E-state index is 12.0. The molecule has 0 aromatic carbocycles. The van der Waals surface area contributed by atoms with Gasteiger partial charge in [0.25, 0.3) is 12.6 Å². The Kier molecular flexibility index (Phi) is 8.53. The molecule has 0 aliphatic carbocycles. The topological polar surface area (TPSA) is 124 Å². The molecule has 0 amide bonds. The van der Waals surface area contributed by atoms with Gasteiger partial charge in [0.05, 0.1) is 6.61 Å². The summed E-state index contributed by atoms with van der Waals surface area (Å²) in [5.74, 6) is -0.821. The molecule has 2 aliphatic heterocycles. The van der Waals surface area contributed by atoms with Gasteiger partial charge in [-0.25, -0.2) is 9.59 Å². The highest BCUT2D eigenvalue weighted by Gasteiger charge is 2.29. The fourth-order valence-electron chi connectivity index (χ4n) is 2.79. The number of rotatable bonds is 6. The maximum Gasteiger partial charge on any atom is 0.511 e. The minimum absolute atomic E-state index is 0.0851. The third-order valence-electron chi connectivity index (χ3n) is 4.41. The number of esters is 2. The number of hydrogen-bond donors (Lipinski definition) is 0. The van der Waals surface area contributed by atoms with E-state index >= 15 is 0 Å². The first-order valence-electron chi connectivity index (χ1n) is 9.85. The van der Waals surface area contributed by atoms with E-state index in [-0.39, 0.29) is 13.0 Å². The first-order valence-corrected chi connectivity index (χ1v) is 9.85. The van der Waals surface area contributed by atoms with Crippen LogP contribution >= 0.6 is 0 Å². The van der Waals surface area contributed by atoms with E-state index in [1.807, 2.05) is 0 Å². The second-order valence-corrected chi connectivity index (χ2v) is 7.53. The zero-order valence-electron chi connectivity index (χ0n) is 16.8. The first kappa shape index (κ1) is 22.8. The third-order valence-corrected chi connectivity index (χ3v) is 4.41. The lowest BCUT2D eigenvalue weighted by Gasteiger charge is -2.25. The Morgan fingerprint density at radius 1 is 0.897 bits per heavy atom. The van der Waals surface area contributed by atoms with Crippen LogP contribution in [0.2, 0.25) is 0 Å². The van der Waals surface area contributed by atoms with Crippen molar-refractivity contribution in [2.45, 2.75) is 89.8 Å². The Balaban J connectivity index is 1.67. The van der Waals surface area contributed by atoms with E-state index in [1.54, 1.807) is 13.8 Å². The molecule has 29 heavy (non-hydrogen) atoms. The molecule has 0 N–H and O–H groups in total. The zero-order valence-corrected chi connectivity index (χ0v) is 16.8. The quantitative estimate of drug-likeness (QED) is 0.470. The third kappa shape index (κ3) is 9.01. The highest BCUT2D eigenvalue weighted by molar-refractivity contribution is 5.70. The van der Waals surface area contributed by atoms with E-state index in [0.717, 1.165) is 0 Å². The van der Waals surface area contributed by atoms with Crippen LogP contribution in [0.3, 0.4) is 0 Å². The SMILES string of the molecule is CC(C)(CCOC(=O)OC1CCCCC(=O)O1)OC(=O)OC1CCCCC(=O)O1. The van der Waals surface area contributed by atoms with Crippen molar-refractivity contribution in [1.82, 2.24) is 0 Å². The van der Waals surface area contributed by atoms with Crippen LogP contribution in [0.4, 0.5) is 9.59 Å². The van der Waals surface area contributed by atoms with Gasteiger partial charge in [-0.15, -0.1) is 0 Å². The molecule has 0 spiro atoms. The van der Waals surface area contributed by atoms with Crippen LogP contribution in [0, 0.1) is 0 Å². The predicted molar refractivity (Wildman–Crippen MR) is 95.4 cm³/mol. The molecule has 0 aromatic rings. The highest BCUT2D eigenvalue weighted by atomic mass is 16.8.